The summed E-state index contributed by atoms with van der Waals surface area (Å²) in [5.74, 6) is 2.40. The Morgan fingerprint density at radius 1 is 0.943 bits per heavy atom. The molecule has 8 heteroatoms. The van der Waals surface area contributed by atoms with Crippen LogP contribution in [0.3, 0.4) is 0 Å². The molecule has 2 aliphatic heterocycles. The van der Waals surface area contributed by atoms with Crippen LogP contribution in [0, 0.1) is 5.92 Å². The molecular formula is C27H35N3O5. The summed E-state index contributed by atoms with van der Waals surface area (Å²) in [6, 6.07) is 11.4. The minimum absolute atomic E-state index is 0.0181. The number of anilines is 1. The number of rotatable bonds is 8. The Balaban J connectivity index is 1.23. The van der Waals surface area contributed by atoms with Crippen LogP contribution < -0.4 is 19.5 Å². The normalized spacial score (nSPS) is 16.4. The maximum absolute atomic E-state index is 13.2. The molecule has 1 N–H and O–H groups in total. The lowest BCUT2D eigenvalue weighted by Gasteiger charge is -2.36. The number of piperidine rings is 1. The SMILES string of the molecule is COc1cccc(NC(=O)CCN2CCC(C(=O)N3CCc4cc(OC)c(OC)cc4C3)CC2)c1. The Hall–Kier alpha value is -3.26. The second-order valence-electron chi connectivity index (χ2n) is 9.13. The van der Waals surface area contributed by atoms with E-state index in [0.717, 1.165) is 55.9 Å². The summed E-state index contributed by atoms with van der Waals surface area (Å²) in [5, 5.41) is 2.93. The number of benzene rings is 2. The lowest BCUT2D eigenvalue weighted by Crippen LogP contribution is -2.44. The van der Waals surface area contributed by atoms with E-state index in [4.69, 9.17) is 14.2 Å². The van der Waals surface area contributed by atoms with Gasteiger partial charge in [0.05, 0.1) is 21.3 Å². The molecule has 188 valence electrons. The molecule has 35 heavy (non-hydrogen) atoms. The summed E-state index contributed by atoms with van der Waals surface area (Å²) < 4.78 is 16.1. The number of nitrogens with one attached hydrogen (secondary N) is 1. The van der Waals surface area contributed by atoms with Gasteiger partial charge in [-0.05, 0) is 67.7 Å². The second-order valence-corrected chi connectivity index (χ2v) is 9.13. The zero-order valence-electron chi connectivity index (χ0n) is 20.8. The van der Waals surface area contributed by atoms with E-state index >= 15 is 0 Å². The molecule has 0 unspecified atom stereocenters. The quantitative estimate of drug-likeness (QED) is 0.623. The number of carbonyl (C=O) groups excluding carboxylic acids is 2. The van der Waals surface area contributed by atoms with E-state index in [2.05, 4.69) is 10.2 Å². The third kappa shape index (κ3) is 6.06. The highest BCUT2D eigenvalue weighted by Crippen LogP contribution is 2.34. The molecule has 0 saturated carbocycles. The van der Waals surface area contributed by atoms with Gasteiger partial charge in [0, 0.05) is 43.7 Å². The van der Waals surface area contributed by atoms with E-state index in [-0.39, 0.29) is 17.7 Å². The molecule has 0 bridgehead atoms. The number of amides is 2. The lowest BCUT2D eigenvalue weighted by molar-refractivity contribution is -0.138. The Morgan fingerprint density at radius 2 is 1.66 bits per heavy atom. The molecule has 2 amide bonds. The smallest absolute Gasteiger partial charge is 0.226 e. The van der Waals surface area contributed by atoms with Gasteiger partial charge in [0.1, 0.15) is 5.75 Å². The van der Waals surface area contributed by atoms with E-state index in [1.165, 1.54) is 5.56 Å². The van der Waals surface area contributed by atoms with Gasteiger partial charge in [-0.15, -0.1) is 0 Å². The fraction of sp³-hybridized carbons (Fsp3) is 0.481. The fourth-order valence-electron chi connectivity index (χ4n) is 4.92. The molecule has 0 atom stereocenters. The Kier molecular flexibility index (Phi) is 8.13. The van der Waals surface area contributed by atoms with Crippen LogP contribution >= 0.6 is 0 Å². The van der Waals surface area contributed by atoms with Crippen LogP contribution in [0.2, 0.25) is 0 Å². The monoisotopic (exact) mass is 481 g/mol. The number of fused-ring (bicyclic) bond motifs is 1. The van der Waals surface area contributed by atoms with Gasteiger partial charge in [-0.3, -0.25) is 9.59 Å². The molecule has 0 spiro atoms. The average molecular weight is 482 g/mol. The molecule has 1 saturated heterocycles. The largest absolute Gasteiger partial charge is 0.497 e. The third-order valence-electron chi connectivity index (χ3n) is 6.98. The van der Waals surface area contributed by atoms with Gasteiger partial charge in [0.2, 0.25) is 11.8 Å². The number of nitrogens with zero attached hydrogens (tertiary/aromatic N) is 2. The number of methoxy groups -OCH3 is 3. The minimum Gasteiger partial charge on any atom is -0.497 e. The highest BCUT2D eigenvalue weighted by atomic mass is 16.5. The molecule has 2 aromatic carbocycles. The maximum Gasteiger partial charge on any atom is 0.226 e. The molecule has 8 nitrogen and oxygen atoms in total. The maximum atomic E-state index is 13.2. The van der Waals surface area contributed by atoms with E-state index < -0.39 is 0 Å². The summed E-state index contributed by atoms with van der Waals surface area (Å²) in [4.78, 5) is 29.9. The Morgan fingerprint density at radius 3 is 2.34 bits per heavy atom. The van der Waals surface area contributed by atoms with E-state index in [0.29, 0.717) is 31.0 Å². The summed E-state index contributed by atoms with van der Waals surface area (Å²) in [7, 11) is 4.88. The van der Waals surface area contributed by atoms with Crippen LogP contribution in [-0.4, -0.2) is 69.1 Å². The van der Waals surface area contributed by atoms with Crippen LogP contribution in [0.15, 0.2) is 36.4 Å². The van der Waals surface area contributed by atoms with Crippen molar-refractivity contribution < 1.29 is 23.8 Å². The van der Waals surface area contributed by atoms with Gasteiger partial charge >= 0.3 is 0 Å². The van der Waals surface area contributed by atoms with Gasteiger partial charge in [-0.1, -0.05) is 6.07 Å². The van der Waals surface area contributed by atoms with Gasteiger partial charge in [-0.25, -0.2) is 0 Å². The van der Waals surface area contributed by atoms with Gasteiger partial charge in [-0.2, -0.15) is 0 Å². The molecule has 1 fully saturated rings. The van der Waals surface area contributed by atoms with Crippen molar-refractivity contribution in [1.29, 1.82) is 0 Å². The van der Waals surface area contributed by atoms with Crippen molar-refractivity contribution in [3.8, 4) is 17.2 Å². The summed E-state index contributed by atoms with van der Waals surface area (Å²) in [6.45, 7) is 3.69. The number of carbonyl (C=O) groups is 2. The van der Waals surface area contributed by atoms with Gasteiger partial charge in [0.15, 0.2) is 11.5 Å². The first-order valence-corrected chi connectivity index (χ1v) is 12.2. The van der Waals surface area contributed by atoms with Gasteiger partial charge < -0.3 is 29.3 Å². The highest BCUT2D eigenvalue weighted by Gasteiger charge is 2.31. The van der Waals surface area contributed by atoms with Crippen molar-refractivity contribution in [1.82, 2.24) is 9.80 Å². The fourth-order valence-corrected chi connectivity index (χ4v) is 4.92. The minimum atomic E-state index is -0.0181. The summed E-state index contributed by atoms with van der Waals surface area (Å²) in [5.41, 5.74) is 3.08. The number of hydrogen-bond donors (Lipinski definition) is 1. The standard InChI is InChI=1S/C27H35N3O5/c1-33-23-6-4-5-22(17-23)28-26(31)10-13-29-11-7-19(8-12-29)27(32)30-14-9-20-15-24(34-2)25(35-3)16-21(20)18-30/h4-6,15-17,19H,7-14,18H2,1-3H3,(H,28,31). The van der Waals surface area contributed by atoms with Crippen molar-refractivity contribution in [2.24, 2.45) is 5.92 Å². The van der Waals surface area contributed by atoms with Crippen LogP contribution in [0.25, 0.3) is 0 Å². The van der Waals surface area contributed by atoms with Crippen LogP contribution in [-0.2, 0) is 22.6 Å². The number of likely N-dealkylation sites (tertiary alicyclic amines) is 1. The highest BCUT2D eigenvalue weighted by molar-refractivity contribution is 5.91. The number of ether oxygens (including phenoxy) is 3. The lowest BCUT2D eigenvalue weighted by atomic mass is 9.92. The summed E-state index contributed by atoms with van der Waals surface area (Å²) >= 11 is 0. The molecule has 0 aliphatic carbocycles. The van der Waals surface area contributed by atoms with E-state index in [1.807, 2.05) is 35.2 Å². The Bertz CT molecular complexity index is 1050. The molecule has 2 aromatic rings. The van der Waals surface area contributed by atoms with Crippen molar-refractivity contribution in [3.05, 3.63) is 47.5 Å². The predicted octanol–water partition coefficient (Wildman–Crippen LogP) is 3.34. The molecule has 2 aliphatic rings. The summed E-state index contributed by atoms with van der Waals surface area (Å²) in [6.07, 6.45) is 2.89. The molecular weight excluding hydrogens is 446 g/mol. The molecule has 2 heterocycles. The van der Waals surface area contributed by atoms with Crippen molar-refractivity contribution in [2.75, 3.05) is 52.8 Å². The first-order chi connectivity index (χ1) is 17.0. The first-order valence-electron chi connectivity index (χ1n) is 12.2. The zero-order valence-corrected chi connectivity index (χ0v) is 20.8. The first kappa shape index (κ1) is 24.9. The van der Waals surface area contributed by atoms with Crippen molar-refractivity contribution in [2.45, 2.75) is 32.2 Å². The van der Waals surface area contributed by atoms with Crippen molar-refractivity contribution in [3.63, 3.8) is 0 Å². The Labute approximate surface area is 207 Å². The third-order valence-corrected chi connectivity index (χ3v) is 6.98. The average Bonchev–Trinajstić information content (AvgIpc) is 2.90. The van der Waals surface area contributed by atoms with Crippen molar-refractivity contribution >= 4 is 17.5 Å². The predicted molar refractivity (Wildman–Crippen MR) is 134 cm³/mol. The molecule has 0 aromatic heterocycles. The van der Waals surface area contributed by atoms with E-state index in [1.54, 1.807) is 27.4 Å². The van der Waals surface area contributed by atoms with E-state index in [9.17, 15) is 9.59 Å². The molecule has 0 radical (unpaired) electrons. The second kappa shape index (κ2) is 11.4. The number of hydrogen-bond acceptors (Lipinski definition) is 6. The molecule has 4 rings (SSSR count). The zero-order chi connectivity index (χ0) is 24.8. The van der Waals surface area contributed by atoms with Crippen LogP contribution in [0.4, 0.5) is 5.69 Å². The van der Waals surface area contributed by atoms with Crippen LogP contribution in [0.5, 0.6) is 17.2 Å². The topological polar surface area (TPSA) is 80.3 Å². The van der Waals surface area contributed by atoms with Gasteiger partial charge in [0.25, 0.3) is 0 Å². The van der Waals surface area contributed by atoms with Crippen LogP contribution in [0.1, 0.15) is 30.4 Å².